The topological polar surface area (TPSA) is 78.0 Å². The SMILES string of the molecule is Nc1c2c(nn1-c1ccccc1)CS(=O)(=O)C2. The number of anilines is 1. The molecule has 0 aliphatic carbocycles. The number of hydrogen-bond acceptors (Lipinski definition) is 4. The number of benzene rings is 1. The maximum absolute atomic E-state index is 11.4. The molecular formula is C11H11N3O2S. The minimum absolute atomic E-state index is 0.000992. The molecule has 2 heterocycles. The van der Waals surface area contributed by atoms with Crippen molar-refractivity contribution in [2.75, 3.05) is 5.73 Å². The van der Waals surface area contributed by atoms with Crippen LogP contribution in [0.5, 0.6) is 0 Å². The first-order chi connectivity index (χ1) is 8.07. The van der Waals surface area contributed by atoms with Gasteiger partial charge in [-0.3, -0.25) is 0 Å². The maximum Gasteiger partial charge on any atom is 0.160 e. The molecule has 1 aliphatic rings. The summed E-state index contributed by atoms with van der Waals surface area (Å²) in [7, 11) is -3.04. The molecule has 0 saturated heterocycles. The predicted molar refractivity (Wildman–Crippen MR) is 64.3 cm³/mol. The standard InChI is InChI=1S/C11H11N3O2S/c12-11-9-6-17(15,16)7-10(9)13-14(11)8-4-2-1-3-5-8/h1-5H,6-7,12H2. The van der Waals surface area contributed by atoms with Gasteiger partial charge in [0.25, 0.3) is 0 Å². The summed E-state index contributed by atoms with van der Waals surface area (Å²) in [5.41, 5.74) is 8.01. The number of sulfone groups is 1. The summed E-state index contributed by atoms with van der Waals surface area (Å²) >= 11 is 0. The Morgan fingerprint density at radius 2 is 1.88 bits per heavy atom. The molecular weight excluding hydrogens is 238 g/mol. The van der Waals surface area contributed by atoms with Crippen molar-refractivity contribution >= 4 is 15.7 Å². The van der Waals surface area contributed by atoms with E-state index in [1.165, 1.54) is 0 Å². The summed E-state index contributed by atoms with van der Waals surface area (Å²) < 4.78 is 24.5. The van der Waals surface area contributed by atoms with Crippen LogP contribution in [-0.2, 0) is 21.3 Å². The second kappa shape index (κ2) is 3.33. The number of aromatic nitrogens is 2. The molecule has 3 rings (SSSR count). The van der Waals surface area contributed by atoms with E-state index in [1.807, 2.05) is 30.3 Å². The number of fused-ring (bicyclic) bond motifs is 1. The van der Waals surface area contributed by atoms with Crippen molar-refractivity contribution in [3.8, 4) is 5.69 Å². The van der Waals surface area contributed by atoms with Crippen molar-refractivity contribution in [2.24, 2.45) is 0 Å². The van der Waals surface area contributed by atoms with Crippen molar-refractivity contribution in [2.45, 2.75) is 11.5 Å². The normalized spacial score (nSPS) is 16.9. The van der Waals surface area contributed by atoms with Crippen molar-refractivity contribution < 1.29 is 8.42 Å². The van der Waals surface area contributed by atoms with Crippen LogP contribution in [0.2, 0.25) is 0 Å². The molecule has 6 heteroatoms. The first-order valence-corrected chi connectivity index (χ1v) is 7.01. The summed E-state index contributed by atoms with van der Waals surface area (Å²) in [6, 6.07) is 9.44. The van der Waals surface area contributed by atoms with Crippen LogP contribution in [0.15, 0.2) is 30.3 Å². The minimum Gasteiger partial charge on any atom is -0.383 e. The van der Waals surface area contributed by atoms with Gasteiger partial charge in [0, 0.05) is 5.56 Å². The highest BCUT2D eigenvalue weighted by Crippen LogP contribution is 2.30. The average molecular weight is 249 g/mol. The highest BCUT2D eigenvalue weighted by atomic mass is 32.2. The van der Waals surface area contributed by atoms with Crippen LogP contribution < -0.4 is 5.73 Å². The van der Waals surface area contributed by atoms with Gasteiger partial charge in [0.15, 0.2) is 9.84 Å². The van der Waals surface area contributed by atoms with Crippen molar-refractivity contribution in [3.63, 3.8) is 0 Å². The molecule has 2 aromatic rings. The summed E-state index contributed by atoms with van der Waals surface area (Å²) in [4.78, 5) is 0. The number of nitrogen functional groups attached to an aromatic ring is 1. The summed E-state index contributed by atoms with van der Waals surface area (Å²) in [5, 5.41) is 4.27. The molecule has 0 amide bonds. The Balaban J connectivity index is 2.13. The lowest BCUT2D eigenvalue weighted by molar-refractivity contribution is 0.597. The molecule has 0 radical (unpaired) electrons. The lowest BCUT2D eigenvalue weighted by Crippen LogP contribution is -2.06. The zero-order chi connectivity index (χ0) is 12.0. The number of hydrogen-bond donors (Lipinski definition) is 1. The third kappa shape index (κ3) is 1.61. The molecule has 88 valence electrons. The zero-order valence-corrected chi connectivity index (χ0v) is 9.81. The van der Waals surface area contributed by atoms with E-state index in [-0.39, 0.29) is 11.5 Å². The van der Waals surface area contributed by atoms with Crippen molar-refractivity contribution in [1.29, 1.82) is 0 Å². The number of nitrogens with two attached hydrogens (primary N) is 1. The van der Waals surface area contributed by atoms with Crippen LogP contribution in [0.25, 0.3) is 5.69 Å². The van der Waals surface area contributed by atoms with Crippen LogP contribution >= 0.6 is 0 Å². The van der Waals surface area contributed by atoms with Gasteiger partial charge in [-0.2, -0.15) is 5.10 Å². The molecule has 0 fully saturated rings. The first kappa shape index (κ1) is 10.3. The Bertz CT molecular complexity index is 674. The smallest absolute Gasteiger partial charge is 0.160 e. The van der Waals surface area contributed by atoms with Gasteiger partial charge in [-0.05, 0) is 12.1 Å². The molecule has 0 unspecified atom stereocenters. The van der Waals surface area contributed by atoms with E-state index in [4.69, 9.17) is 5.73 Å². The Hall–Kier alpha value is -1.82. The highest BCUT2D eigenvalue weighted by molar-refractivity contribution is 7.90. The van der Waals surface area contributed by atoms with Crippen molar-refractivity contribution in [1.82, 2.24) is 9.78 Å². The van der Waals surface area contributed by atoms with Gasteiger partial charge < -0.3 is 5.73 Å². The number of para-hydroxylation sites is 1. The average Bonchev–Trinajstić information content (AvgIpc) is 2.75. The monoisotopic (exact) mass is 249 g/mol. The largest absolute Gasteiger partial charge is 0.383 e. The third-order valence-corrected chi connectivity index (χ3v) is 4.27. The van der Waals surface area contributed by atoms with Crippen molar-refractivity contribution in [3.05, 3.63) is 41.6 Å². The van der Waals surface area contributed by atoms with Crippen LogP contribution in [0, 0.1) is 0 Å². The van der Waals surface area contributed by atoms with Crippen LogP contribution in [0.4, 0.5) is 5.82 Å². The van der Waals surface area contributed by atoms with E-state index in [9.17, 15) is 8.42 Å². The fraction of sp³-hybridized carbons (Fsp3) is 0.182. The molecule has 17 heavy (non-hydrogen) atoms. The van der Waals surface area contributed by atoms with Crippen LogP contribution in [-0.4, -0.2) is 18.2 Å². The van der Waals surface area contributed by atoms with E-state index < -0.39 is 9.84 Å². The second-order valence-electron chi connectivity index (χ2n) is 4.09. The molecule has 0 saturated carbocycles. The molecule has 1 aromatic heterocycles. The first-order valence-electron chi connectivity index (χ1n) is 5.19. The number of rotatable bonds is 1. The van der Waals surface area contributed by atoms with Gasteiger partial charge in [0.2, 0.25) is 0 Å². The van der Waals surface area contributed by atoms with Gasteiger partial charge in [0.1, 0.15) is 5.82 Å². The summed E-state index contributed by atoms with van der Waals surface area (Å²) in [6.07, 6.45) is 0. The van der Waals surface area contributed by atoms with E-state index in [0.29, 0.717) is 17.1 Å². The maximum atomic E-state index is 11.4. The molecule has 1 aliphatic heterocycles. The quantitative estimate of drug-likeness (QED) is 0.814. The molecule has 0 spiro atoms. The van der Waals surface area contributed by atoms with E-state index in [2.05, 4.69) is 5.10 Å². The Labute approximate surface area is 98.8 Å². The van der Waals surface area contributed by atoms with E-state index in [1.54, 1.807) is 4.68 Å². The summed E-state index contributed by atoms with van der Waals surface area (Å²) in [6.45, 7) is 0. The van der Waals surface area contributed by atoms with Crippen LogP contribution in [0.1, 0.15) is 11.3 Å². The lowest BCUT2D eigenvalue weighted by Gasteiger charge is -2.04. The van der Waals surface area contributed by atoms with Gasteiger partial charge in [0.05, 0.1) is 22.9 Å². The molecule has 0 bridgehead atoms. The van der Waals surface area contributed by atoms with Gasteiger partial charge in [-0.1, -0.05) is 18.2 Å². The summed E-state index contributed by atoms with van der Waals surface area (Å²) in [5.74, 6) is 0.417. The lowest BCUT2D eigenvalue weighted by atomic mass is 10.3. The van der Waals surface area contributed by atoms with E-state index >= 15 is 0 Å². The fourth-order valence-corrected chi connectivity index (χ4v) is 3.53. The third-order valence-electron chi connectivity index (χ3n) is 2.83. The Morgan fingerprint density at radius 1 is 1.18 bits per heavy atom. The zero-order valence-electron chi connectivity index (χ0n) is 9.00. The minimum atomic E-state index is -3.04. The van der Waals surface area contributed by atoms with Gasteiger partial charge in [-0.25, -0.2) is 13.1 Å². The molecule has 1 aromatic carbocycles. The van der Waals surface area contributed by atoms with Gasteiger partial charge >= 0.3 is 0 Å². The number of nitrogens with zero attached hydrogens (tertiary/aromatic N) is 2. The second-order valence-corrected chi connectivity index (χ2v) is 6.15. The Kier molecular flexibility index (Phi) is 2.03. The molecule has 2 N–H and O–H groups in total. The predicted octanol–water partition coefficient (Wildman–Crippen LogP) is 0.883. The fourth-order valence-electron chi connectivity index (χ4n) is 2.03. The molecule has 0 atom stereocenters. The molecule has 5 nitrogen and oxygen atoms in total. The Morgan fingerprint density at radius 3 is 2.53 bits per heavy atom. The van der Waals surface area contributed by atoms with Crippen LogP contribution in [0.3, 0.4) is 0 Å². The highest BCUT2D eigenvalue weighted by Gasteiger charge is 2.31. The van der Waals surface area contributed by atoms with E-state index in [0.717, 1.165) is 5.69 Å². The van der Waals surface area contributed by atoms with Gasteiger partial charge in [-0.15, -0.1) is 0 Å².